The van der Waals surface area contributed by atoms with Gasteiger partial charge in [-0.15, -0.1) is 10.2 Å². The van der Waals surface area contributed by atoms with E-state index >= 15 is 0 Å². The topological polar surface area (TPSA) is 72.7 Å². The SMILES string of the molecule is CN=CC1CC(c2cccc(-n3cc4c(C(F)(F)F)cc(CN5CCC[C@H](C)C5)cn4c3=O)c2)(c2nncn2C)C1. The average molecular weight is 566 g/mol. The fourth-order valence-electron chi connectivity index (χ4n) is 6.80. The Hall–Kier alpha value is -3.73. The molecular formula is C30H34F3N7O. The van der Waals surface area contributed by atoms with E-state index in [1.54, 1.807) is 25.6 Å². The van der Waals surface area contributed by atoms with Gasteiger partial charge >= 0.3 is 11.9 Å². The van der Waals surface area contributed by atoms with Gasteiger partial charge in [0.05, 0.1) is 22.2 Å². The molecule has 1 aromatic carbocycles. The minimum Gasteiger partial charge on any atom is -0.320 e. The highest BCUT2D eigenvalue weighted by molar-refractivity contribution is 5.65. The third-order valence-corrected chi connectivity index (χ3v) is 8.67. The van der Waals surface area contributed by atoms with Crippen LogP contribution in [-0.4, -0.2) is 55.0 Å². The van der Waals surface area contributed by atoms with Crippen LogP contribution in [0.2, 0.25) is 0 Å². The van der Waals surface area contributed by atoms with Crippen molar-refractivity contribution in [2.24, 2.45) is 23.9 Å². The number of aliphatic imine (C=N–C) groups is 1. The Bertz CT molecular complexity index is 1660. The van der Waals surface area contributed by atoms with Crippen LogP contribution in [0.25, 0.3) is 11.2 Å². The molecule has 1 aliphatic carbocycles. The summed E-state index contributed by atoms with van der Waals surface area (Å²) in [6, 6.07) is 8.66. The van der Waals surface area contributed by atoms with Gasteiger partial charge in [-0.25, -0.2) is 4.79 Å². The van der Waals surface area contributed by atoms with Gasteiger partial charge in [0.1, 0.15) is 12.2 Å². The second kappa shape index (κ2) is 10.3. The lowest BCUT2D eigenvalue weighted by molar-refractivity contribution is -0.136. The summed E-state index contributed by atoms with van der Waals surface area (Å²) in [4.78, 5) is 20.0. The molecule has 3 aromatic heterocycles. The molecule has 0 unspecified atom stereocenters. The predicted octanol–water partition coefficient (Wildman–Crippen LogP) is 4.87. The number of fused-ring (bicyclic) bond motifs is 1. The molecule has 6 rings (SSSR count). The summed E-state index contributed by atoms with van der Waals surface area (Å²) in [5, 5.41) is 8.49. The predicted molar refractivity (Wildman–Crippen MR) is 151 cm³/mol. The number of aromatic nitrogens is 5. The summed E-state index contributed by atoms with van der Waals surface area (Å²) in [6.07, 6.45) is 5.53. The van der Waals surface area contributed by atoms with Crippen molar-refractivity contribution in [1.82, 2.24) is 28.6 Å². The summed E-state index contributed by atoms with van der Waals surface area (Å²) in [5.74, 6) is 1.58. The molecule has 11 heteroatoms. The molecule has 0 radical (unpaired) electrons. The highest BCUT2D eigenvalue weighted by Crippen LogP contribution is 2.51. The Labute approximate surface area is 236 Å². The Morgan fingerprint density at radius 1 is 1.20 bits per heavy atom. The Morgan fingerprint density at radius 3 is 2.68 bits per heavy atom. The van der Waals surface area contributed by atoms with Crippen LogP contribution in [0.1, 0.15) is 55.1 Å². The van der Waals surface area contributed by atoms with Crippen LogP contribution in [-0.2, 0) is 25.2 Å². The van der Waals surface area contributed by atoms with E-state index in [1.165, 1.54) is 16.8 Å². The molecule has 41 heavy (non-hydrogen) atoms. The Balaban J connectivity index is 1.43. The van der Waals surface area contributed by atoms with Crippen molar-refractivity contribution < 1.29 is 13.2 Å². The van der Waals surface area contributed by atoms with E-state index in [1.807, 2.05) is 36.0 Å². The number of hydrogen-bond acceptors (Lipinski definition) is 5. The number of aryl methyl sites for hydroxylation is 1. The maximum absolute atomic E-state index is 14.3. The van der Waals surface area contributed by atoms with Gasteiger partial charge in [-0.3, -0.25) is 13.9 Å². The number of benzene rings is 1. The number of likely N-dealkylation sites (tertiary alicyclic amines) is 1. The molecule has 1 aliphatic heterocycles. The van der Waals surface area contributed by atoms with Gasteiger partial charge in [-0.05, 0) is 73.4 Å². The fraction of sp³-hybridized carbons (Fsp3) is 0.467. The van der Waals surface area contributed by atoms with Gasteiger partial charge in [-0.1, -0.05) is 19.1 Å². The lowest BCUT2D eigenvalue weighted by Crippen LogP contribution is -2.45. The molecule has 2 aliphatic rings. The number of imidazole rings is 1. The van der Waals surface area contributed by atoms with Gasteiger partial charge in [0.25, 0.3) is 0 Å². The molecule has 0 N–H and O–H groups in total. The van der Waals surface area contributed by atoms with Gasteiger partial charge < -0.3 is 9.56 Å². The number of rotatable bonds is 6. The van der Waals surface area contributed by atoms with Crippen LogP contribution in [0.4, 0.5) is 13.2 Å². The van der Waals surface area contributed by atoms with Crippen molar-refractivity contribution in [2.45, 2.75) is 50.7 Å². The van der Waals surface area contributed by atoms with E-state index in [0.29, 0.717) is 23.7 Å². The number of nitrogens with zero attached hydrogens (tertiary/aromatic N) is 7. The van der Waals surface area contributed by atoms with E-state index in [4.69, 9.17) is 0 Å². The highest BCUT2D eigenvalue weighted by Gasteiger charge is 2.49. The second-order valence-electron chi connectivity index (χ2n) is 11.8. The Kier molecular flexibility index (Phi) is 6.88. The van der Waals surface area contributed by atoms with Crippen LogP contribution in [0.5, 0.6) is 0 Å². The van der Waals surface area contributed by atoms with Crippen LogP contribution >= 0.6 is 0 Å². The lowest BCUT2D eigenvalue weighted by Gasteiger charge is -2.46. The maximum Gasteiger partial charge on any atom is 0.418 e. The first kappa shape index (κ1) is 27.4. The molecule has 2 fully saturated rings. The van der Waals surface area contributed by atoms with Crippen molar-refractivity contribution in [2.75, 3.05) is 20.1 Å². The van der Waals surface area contributed by atoms with Crippen LogP contribution < -0.4 is 5.69 Å². The number of piperidine rings is 1. The van der Waals surface area contributed by atoms with Gasteiger partial charge in [0.2, 0.25) is 0 Å². The smallest absolute Gasteiger partial charge is 0.320 e. The van der Waals surface area contributed by atoms with Crippen LogP contribution in [0.3, 0.4) is 0 Å². The van der Waals surface area contributed by atoms with Gasteiger partial charge in [0.15, 0.2) is 0 Å². The molecule has 0 amide bonds. The number of alkyl halides is 3. The van der Waals surface area contributed by atoms with Gasteiger partial charge in [-0.2, -0.15) is 13.2 Å². The largest absolute Gasteiger partial charge is 0.418 e. The lowest BCUT2D eigenvalue weighted by atomic mass is 9.58. The summed E-state index contributed by atoms with van der Waals surface area (Å²) in [7, 11) is 3.65. The van der Waals surface area contributed by atoms with Crippen molar-refractivity contribution in [3.63, 3.8) is 0 Å². The number of halogens is 3. The molecule has 4 aromatic rings. The first-order valence-corrected chi connectivity index (χ1v) is 14.0. The monoisotopic (exact) mass is 565 g/mol. The average Bonchev–Trinajstić information content (AvgIpc) is 3.48. The third kappa shape index (κ3) is 4.90. The quantitative estimate of drug-likeness (QED) is 0.313. The summed E-state index contributed by atoms with van der Waals surface area (Å²) >= 11 is 0. The molecule has 1 atom stereocenters. The molecule has 216 valence electrons. The van der Waals surface area contributed by atoms with E-state index < -0.39 is 22.8 Å². The molecule has 1 saturated heterocycles. The summed E-state index contributed by atoms with van der Waals surface area (Å²) in [6.45, 7) is 4.20. The normalized spacial score (nSPS) is 23.9. The molecule has 4 heterocycles. The standard InChI is InChI=1S/C30H34F3N7O/c1-20-6-5-9-38(15-20)16-21-10-25(30(31,32)33)26-18-39(28(41)40(26)17-21)24-8-4-7-23(11-24)29(12-22(13-29)14-34-2)27-36-35-19-37(27)3/h4,7-8,10-11,14,17-20,22H,5-6,9,12-13,15-16H2,1-3H3/t20-,22?,29?/m0/s1. The van der Waals surface area contributed by atoms with Crippen molar-refractivity contribution >= 4 is 11.7 Å². The van der Waals surface area contributed by atoms with Gasteiger partial charge in [0, 0.05) is 45.8 Å². The Morgan fingerprint density at radius 2 is 2.00 bits per heavy atom. The molecule has 0 spiro atoms. The molecule has 1 saturated carbocycles. The first-order valence-electron chi connectivity index (χ1n) is 14.0. The van der Waals surface area contributed by atoms with E-state index in [-0.39, 0.29) is 11.4 Å². The summed E-state index contributed by atoms with van der Waals surface area (Å²) in [5.41, 5.74) is -0.0143. The molecular weight excluding hydrogens is 531 g/mol. The van der Waals surface area contributed by atoms with E-state index in [9.17, 15) is 18.0 Å². The molecule has 0 bridgehead atoms. The first-order chi connectivity index (χ1) is 19.6. The fourth-order valence-corrected chi connectivity index (χ4v) is 6.80. The highest BCUT2D eigenvalue weighted by atomic mass is 19.4. The third-order valence-electron chi connectivity index (χ3n) is 8.67. The minimum atomic E-state index is -4.60. The van der Waals surface area contributed by atoms with E-state index in [2.05, 4.69) is 27.0 Å². The van der Waals surface area contributed by atoms with Crippen molar-refractivity contribution in [3.05, 3.63) is 82.1 Å². The number of hydrogen-bond donors (Lipinski definition) is 0. The van der Waals surface area contributed by atoms with E-state index in [0.717, 1.165) is 54.6 Å². The van der Waals surface area contributed by atoms with Crippen LogP contribution in [0, 0.1) is 11.8 Å². The maximum atomic E-state index is 14.3. The summed E-state index contributed by atoms with van der Waals surface area (Å²) < 4.78 is 47.2. The molecule has 8 nitrogen and oxygen atoms in total. The van der Waals surface area contributed by atoms with Crippen LogP contribution in [0.15, 0.2) is 58.8 Å². The van der Waals surface area contributed by atoms with Crippen molar-refractivity contribution in [3.8, 4) is 5.69 Å². The zero-order valence-corrected chi connectivity index (χ0v) is 23.5. The second-order valence-corrected chi connectivity index (χ2v) is 11.8. The minimum absolute atomic E-state index is 0.158. The number of pyridine rings is 1. The zero-order chi connectivity index (χ0) is 28.9. The van der Waals surface area contributed by atoms with Crippen molar-refractivity contribution in [1.29, 1.82) is 0 Å². The zero-order valence-electron chi connectivity index (χ0n) is 23.5.